The molecule has 0 unspecified atom stereocenters. The van der Waals surface area contributed by atoms with Crippen molar-refractivity contribution in [3.63, 3.8) is 0 Å². The SMILES string of the molecule is Brc1ccccc1CN1CCc2nc(-c3ccncc3)ncc2C1. The molecule has 4 nitrogen and oxygen atoms in total. The van der Waals surface area contributed by atoms with Gasteiger partial charge in [0.25, 0.3) is 0 Å². The maximum atomic E-state index is 4.77. The van der Waals surface area contributed by atoms with Crippen LogP contribution in [0.4, 0.5) is 0 Å². The van der Waals surface area contributed by atoms with E-state index in [1.807, 2.05) is 24.4 Å². The Morgan fingerprint density at radius 2 is 1.92 bits per heavy atom. The lowest BCUT2D eigenvalue weighted by atomic mass is 10.1. The van der Waals surface area contributed by atoms with E-state index in [4.69, 9.17) is 4.98 Å². The van der Waals surface area contributed by atoms with Crippen molar-refractivity contribution in [1.82, 2.24) is 19.9 Å². The second-order valence-electron chi connectivity index (χ2n) is 5.95. The largest absolute Gasteiger partial charge is 0.294 e. The molecule has 1 aliphatic rings. The molecule has 1 aliphatic heterocycles. The molecule has 5 heteroatoms. The zero-order chi connectivity index (χ0) is 16.4. The minimum absolute atomic E-state index is 0.787. The molecular weight excluding hydrogens is 364 g/mol. The Kier molecular flexibility index (Phi) is 4.36. The summed E-state index contributed by atoms with van der Waals surface area (Å²) in [6, 6.07) is 12.3. The average Bonchev–Trinajstić information content (AvgIpc) is 2.64. The van der Waals surface area contributed by atoms with Crippen LogP contribution in [-0.4, -0.2) is 26.4 Å². The van der Waals surface area contributed by atoms with E-state index in [0.29, 0.717) is 0 Å². The molecule has 0 fully saturated rings. The second-order valence-corrected chi connectivity index (χ2v) is 6.81. The number of hydrogen-bond acceptors (Lipinski definition) is 4. The van der Waals surface area contributed by atoms with Crippen LogP contribution < -0.4 is 0 Å². The number of rotatable bonds is 3. The van der Waals surface area contributed by atoms with Gasteiger partial charge in [-0.3, -0.25) is 9.88 Å². The lowest BCUT2D eigenvalue weighted by Crippen LogP contribution is -2.31. The van der Waals surface area contributed by atoms with Gasteiger partial charge in [-0.2, -0.15) is 0 Å². The van der Waals surface area contributed by atoms with Gasteiger partial charge in [-0.15, -0.1) is 0 Å². The van der Waals surface area contributed by atoms with Crippen molar-refractivity contribution in [2.75, 3.05) is 6.54 Å². The molecule has 0 spiro atoms. The van der Waals surface area contributed by atoms with Crippen LogP contribution in [0.2, 0.25) is 0 Å². The Balaban J connectivity index is 1.53. The fourth-order valence-corrected chi connectivity index (χ4v) is 3.43. The molecule has 0 saturated carbocycles. The van der Waals surface area contributed by atoms with Crippen LogP contribution in [0.5, 0.6) is 0 Å². The minimum atomic E-state index is 0.787. The van der Waals surface area contributed by atoms with Gasteiger partial charge in [-0.1, -0.05) is 34.1 Å². The van der Waals surface area contributed by atoms with Crippen LogP contribution in [0.1, 0.15) is 16.8 Å². The van der Waals surface area contributed by atoms with Gasteiger partial charge < -0.3 is 0 Å². The van der Waals surface area contributed by atoms with Crippen LogP contribution >= 0.6 is 15.9 Å². The highest BCUT2D eigenvalue weighted by atomic mass is 79.9. The van der Waals surface area contributed by atoms with E-state index < -0.39 is 0 Å². The van der Waals surface area contributed by atoms with E-state index >= 15 is 0 Å². The van der Waals surface area contributed by atoms with E-state index in [1.54, 1.807) is 12.4 Å². The van der Waals surface area contributed by atoms with Gasteiger partial charge >= 0.3 is 0 Å². The molecule has 1 aromatic carbocycles. The van der Waals surface area contributed by atoms with Gasteiger partial charge in [0.1, 0.15) is 0 Å². The lowest BCUT2D eigenvalue weighted by molar-refractivity contribution is 0.242. The molecule has 2 aromatic heterocycles. The molecule has 0 amide bonds. The van der Waals surface area contributed by atoms with Gasteiger partial charge in [-0.25, -0.2) is 9.97 Å². The number of pyridine rings is 1. The fraction of sp³-hybridized carbons (Fsp3) is 0.211. The summed E-state index contributed by atoms with van der Waals surface area (Å²) in [7, 11) is 0. The highest BCUT2D eigenvalue weighted by Gasteiger charge is 2.19. The molecule has 3 heterocycles. The molecule has 0 N–H and O–H groups in total. The topological polar surface area (TPSA) is 41.9 Å². The first-order chi connectivity index (χ1) is 11.8. The van der Waals surface area contributed by atoms with Crippen molar-refractivity contribution in [3.8, 4) is 11.4 Å². The summed E-state index contributed by atoms with van der Waals surface area (Å²) in [4.78, 5) is 15.8. The molecular formula is C19H17BrN4. The molecule has 24 heavy (non-hydrogen) atoms. The molecule has 120 valence electrons. The van der Waals surface area contributed by atoms with Crippen molar-refractivity contribution >= 4 is 15.9 Å². The van der Waals surface area contributed by atoms with E-state index in [9.17, 15) is 0 Å². The number of fused-ring (bicyclic) bond motifs is 1. The van der Waals surface area contributed by atoms with Crippen molar-refractivity contribution in [1.29, 1.82) is 0 Å². The summed E-state index contributed by atoms with van der Waals surface area (Å²) in [5.41, 5.74) is 4.73. The molecule has 0 aliphatic carbocycles. The van der Waals surface area contributed by atoms with Crippen LogP contribution in [0, 0.1) is 0 Å². The summed E-state index contributed by atoms with van der Waals surface area (Å²) in [5.74, 6) is 0.787. The molecule has 0 bridgehead atoms. The normalized spacial score (nSPS) is 14.4. The third-order valence-electron chi connectivity index (χ3n) is 4.30. The Hall–Kier alpha value is -2.11. The fourth-order valence-electron chi connectivity index (χ4n) is 3.02. The van der Waals surface area contributed by atoms with Crippen molar-refractivity contribution in [3.05, 3.63) is 76.3 Å². The first-order valence-electron chi connectivity index (χ1n) is 8.00. The van der Waals surface area contributed by atoms with Crippen molar-refractivity contribution in [2.24, 2.45) is 0 Å². The smallest absolute Gasteiger partial charge is 0.159 e. The van der Waals surface area contributed by atoms with Gasteiger partial charge in [0.2, 0.25) is 0 Å². The minimum Gasteiger partial charge on any atom is -0.294 e. The standard InChI is InChI=1S/C19H17BrN4/c20-17-4-2-1-3-15(17)12-24-10-7-18-16(13-24)11-22-19(23-18)14-5-8-21-9-6-14/h1-6,8-9,11H,7,10,12-13H2. The lowest BCUT2D eigenvalue weighted by Gasteiger charge is -2.28. The molecule has 0 saturated heterocycles. The van der Waals surface area contributed by atoms with E-state index in [1.165, 1.54) is 21.3 Å². The highest BCUT2D eigenvalue weighted by molar-refractivity contribution is 9.10. The summed E-state index contributed by atoms with van der Waals surface area (Å²) in [6.45, 7) is 2.85. The van der Waals surface area contributed by atoms with Gasteiger partial charge in [0.05, 0.1) is 5.69 Å². The predicted octanol–water partition coefficient (Wildman–Crippen LogP) is 3.86. The Bertz CT molecular complexity index is 851. The molecule has 3 aromatic rings. The summed E-state index contributed by atoms with van der Waals surface area (Å²) < 4.78 is 1.17. The highest BCUT2D eigenvalue weighted by Crippen LogP contribution is 2.24. The van der Waals surface area contributed by atoms with E-state index in [-0.39, 0.29) is 0 Å². The Morgan fingerprint density at radius 1 is 1.08 bits per heavy atom. The molecule has 0 atom stereocenters. The Labute approximate surface area is 149 Å². The first kappa shape index (κ1) is 15.4. The number of halogens is 1. The average molecular weight is 381 g/mol. The third kappa shape index (κ3) is 3.23. The Morgan fingerprint density at radius 3 is 2.75 bits per heavy atom. The van der Waals surface area contributed by atoms with Crippen LogP contribution in [0.25, 0.3) is 11.4 Å². The zero-order valence-electron chi connectivity index (χ0n) is 13.2. The quantitative estimate of drug-likeness (QED) is 0.691. The molecule has 0 radical (unpaired) electrons. The van der Waals surface area contributed by atoms with Crippen LogP contribution in [0.15, 0.2) is 59.5 Å². The number of aromatic nitrogens is 3. The van der Waals surface area contributed by atoms with Crippen molar-refractivity contribution < 1.29 is 0 Å². The zero-order valence-corrected chi connectivity index (χ0v) is 14.8. The number of benzene rings is 1. The van der Waals surface area contributed by atoms with Gasteiger partial charge in [-0.05, 0) is 23.8 Å². The van der Waals surface area contributed by atoms with Crippen molar-refractivity contribution in [2.45, 2.75) is 19.5 Å². The summed E-state index contributed by atoms with van der Waals surface area (Å²) in [6.07, 6.45) is 6.49. The summed E-state index contributed by atoms with van der Waals surface area (Å²) in [5, 5.41) is 0. The van der Waals surface area contributed by atoms with Gasteiger partial charge in [0.15, 0.2) is 5.82 Å². The molecule has 4 rings (SSSR count). The predicted molar refractivity (Wildman–Crippen MR) is 97.2 cm³/mol. The first-order valence-corrected chi connectivity index (χ1v) is 8.80. The maximum absolute atomic E-state index is 4.77. The van der Waals surface area contributed by atoms with Crippen LogP contribution in [0.3, 0.4) is 0 Å². The third-order valence-corrected chi connectivity index (χ3v) is 5.08. The van der Waals surface area contributed by atoms with Crippen LogP contribution in [-0.2, 0) is 19.5 Å². The monoisotopic (exact) mass is 380 g/mol. The number of nitrogens with zero attached hydrogens (tertiary/aromatic N) is 4. The van der Waals surface area contributed by atoms with E-state index in [2.05, 4.69) is 49.0 Å². The summed E-state index contributed by atoms with van der Waals surface area (Å²) >= 11 is 3.63. The maximum Gasteiger partial charge on any atom is 0.159 e. The van der Waals surface area contributed by atoms with E-state index in [0.717, 1.165) is 37.4 Å². The number of hydrogen-bond donors (Lipinski definition) is 0. The second kappa shape index (κ2) is 6.79. The van der Waals surface area contributed by atoms with Gasteiger partial charge in [0, 0.05) is 60.2 Å².